The molecule has 1 amide bonds. The highest BCUT2D eigenvalue weighted by atomic mass is 35.5. The number of nitrogens with one attached hydrogen (secondary N) is 1. The Morgan fingerprint density at radius 3 is 2.76 bits per heavy atom. The molecule has 0 unspecified atom stereocenters. The van der Waals surface area contributed by atoms with E-state index in [9.17, 15) is 4.79 Å². The molecule has 0 aliphatic carbocycles. The van der Waals surface area contributed by atoms with Crippen molar-refractivity contribution in [2.75, 3.05) is 12.8 Å². The first-order chi connectivity index (χ1) is 14.0. The highest BCUT2D eigenvalue weighted by Gasteiger charge is 2.14. The van der Waals surface area contributed by atoms with E-state index in [4.69, 9.17) is 11.6 Å². The molecule has 0 saturated carbocycles. The van der Waals surface area contributed by atoms with Gasteiger partial charge in [0.2, 0.25) is 0 Å². The van der Waals surface area contributed by atoms with Crippen LogP contribution < -0.4 is 5.32 Å². The van der Waals surface area contributed by atoms with Crippen LogP contribution in [-0.2, 0) is 13.0 Å². The first-order valence-corrected chi connectivity index (χ1v) is 11.1. The summed E-state index contributed by atoms with van der Waals surface area (Å²) in [7, 11) is 0. The van der Waals surface area contributed by atoms with Gasteiger partial charge in [0.05, 0.1) is 10.7 Å². The molecule has 0 bridgehead atoms. The summed E-state index contributed by atoms with van der Waals surface area (Å²) < 4.78 is 3.78. The van der Waals surface area contributed by atoms with E-state index in [1.54, 1.807) is 34.8 Å². The summed E-state index contributed by atoms with van der Waals surface area (Å²) in [5, 5.41) is 17.3. The van der Waals surface area contributed by atoms with Crippen LogP contribution in [0.25, 0.3) is 5.69 Å². The Kier molecular flexibility index (Phi) is 7.33. The van der Waals surface area contributed by atoms with Gasteiger partial charge in [0.25, 0.3) is 5.91 Å². The minimum absolute atomic E-state index is 0.204. The molecule has 0 aliphatic heterocycles. The highest BCUT2D eigenvalue weighted by Crippen LogP contribution is 2.19. The fraction of sp³-hybridized carbons (Fsp3) is 0.400. The lowest BCUT2D eigenvalue weighted by atomic mass is 10.2. The maximum Gasteiger partial charge on any atom is 0.271 e. The third-order valence-corrected chi connectivity index (χ3v) is 5.29. The Balaban J connectivity index is 1.54. The van der Waals surface area contributed by atoms with Crippen molar-refractivity contribution in [2.24, 2.45) is 5.92 Å². The Morgan fingerprint density at radius 2 is 2.03 bits per heavy atom. The summed E-state index contributed by atoms with van der Waals surface area (Å²) in [4.78, 5) is 12.4. The zero-order valence-corrected chi connectivity index (χ0v) is 18.4. The van der Waals surface area contributed by atoms with Crippen LogP contribution in [0.1, 0.15) is 36.6 Å². The number of carbonyl (C=O) groups excluding carboxylic acids is 1. The van der Waals surface area contributed by atoms with Crippen LogP contribution in [-0.4, -0.2) is 43.3 Å². The SMILES string of the molecule is CSc1nnc(CCCNC(=O)c2ccn(-c3ccccc3Cl)n2)n1CC(C)C. The second-order valence-electron chi connectivity index (χ2n) is 7.06. The van der Waals surface area contributed by atoms with E-state index in [2.05, 4.69) is 39.0 Å². The van der Waals surface area contributed by atoms with E-state index in [0.717, 1.165) is 36.1 Å². The van der Waals surface area contributed by atoms with Crippen LogP contribution in [0.3, 0.4) is 0 Å². The van der Waals surface area contributed by atoms with Gasteiger partial charge in [-0.3, -0.25) is 4.79 Å². The van der Waals surface area contributed by atoms with Crippen LogP contribution in [0.15, 0.2) is 41.7 Å². The zero-order chi connectivity index (χ0) is 20.8. The number of aryl methyl sites for hydroxylation is 1. The fourth-order valence-corrected chi connectivity index (χ4v) is 3.70. The molecular formula is C20H25ClN6OS. The highest BCUT2D eigenvalue weighted by molar-refractivity contribution is 7.98. The number of hydrogen-bond acceptors (Lipinski definition) is 5. The number of hydrogen-bond donors (Lipinski definition) is 1. The van der Waals surface area contributed by atoms with E-state index in [1.165, 1.54) is 0 Å². The average Bonchev–Trinajstić information content (AvgIpc) is 3.32. The molecule has 0 radical (unpaired) electrons. The molecule has 3 aromatic rings. The van der Waals surface area contributed by atoms with Crippen LogP contribution in [0, 0.1) is 5.92 Å². The Bertz CT molecular complexity index is 968. The molecule has 2 aromatic heterocycles. The molecule has 0 atom stereocenters. The Hall–Kier alpha value is -2.32. The van der Waals surface area contributed by atoms with Gasteiger partial charge in [0.1, 0.15) is 5.82 Å². The predicted molar refractivity (Wildman–Crippen MR) is 116 cm³/mol. The lowest BCUT2D eigenvalue weighted by Gasteiger charge is -2.11. The lowest BCUT2D eigenvalue weighted by Crippen LogP contribution is -2.25. The van der Waals surface area contributed by atoms with Crippen molar-refractivity contribution in [2.45, 2.75) is 38.4 Å². The first kappa shape index (κ1) is 21.4. The molecule has 3 rings (SSSR count). The molecule has 2 heterocycles. The van der Waals surface area contributed by atoms with Gasteiger partial charge in [-0.25, -0.2) is 4.68 Å². The fourth-order valence-electron chi connectivity index (χ4n) is 2.96. The van der Waals surface area contributed by atoms with Crippen LogP contribution in [0.2, 0.25) is 5.02 Å². The minimum atomic E-state index is -0.204. The maximum absolute atomic E-state index is 12.4. The number of nitrogens with zero attached hydrogens (tertiary/aromatic N) is 5. The molecule has 154 valence electrons. The van der Waals surface area contributed by atoms with Crippen molar-refractivity contribution in [3.8, 4) is 5.69 Å². The average molecular weight is 433 g/mol. The number of benzene rings is 1. The molecule has 1 aromatic carbocycles. The summed E-state index contributed by atoms with van der Waals surface area (Å²) >= 11 is 7.79. The third-order valence-electron chi connectivity index (χ3n) is 4.31. The second-order valence-corrected chi connectivity index (χ2v) is 8.24. The van der Waals surface area contributed by atoms with Gasteiger partial charge in [-0.05, 0) is 36.8 Å². The molecule has 29 heavy (non-hydrogen) atoms. The van der Waals surface area contributed by atoms with Gasteiger partial charge in [-0.1, -0.05) is 49.3 Å². The molecule has 9 heteroatoms. The molecule has 0 spiro atoms. The number of aromatic nitrogens is 5. The molecule has 0 saturated heterocycles. The first-order valence-electron chi connectivity index (χ1n) is 9.54. The second kappa shape index (κ2) is 9.93. The molecular weight excluding hydrogens is 408 g/mol. The van der Waals surface area contributed by atoms with E-state index < -0.39 is 0 Å². The third kappa shape index (κ3) is 5.39. The monoisotopic (exact) mass is 432 g/mol. The lowest BCUT2D eigenvalue weighted by molar-refractivity contribution is 0.0947. The van der Waals surface area contributed by atoms with Crippen molar-refractivity contribution >= 4 is 29.3 Å². The van der Waals surface area contributed by atoms with E-state index >= 15 is 0 Å². The van der Waals surface area contributed by atoms with Gasteiger partial charge in [0.15, 0.2) is 10.9 Å². The number of rotatable bonds is 9. The Morgan fingerprint density at radius 1 is 1.24 bits per heavy atom. The molecule has 0 aliphatic rings. The number of carbonyl (C=O) groups is 1. The van der Waals surface area contributed by atoms with Gasteiger partial charge >= 0.3 is 0 Å². The normalized spacial score (nSPS) is 11.2. The van der Waals surface area contributed by atoms with Crippen molar-refractivity contribution < 1.29 is 4.79 Å². The molecule has 0 fully saturated rings. The van der Waals surface area contributed by atoms with E-state index in [1.807, 2.05) is 24.5 Å². The zero-order valence-electron chi connectivity index (χ0n) is 16.8. The number of amides is 1. The van der Waals surface area contributed by atoms with Crippen LogP contribution in [0.4, 0.5) is 0 Å². The van der Waals surface area contributed by atoms with Crippen LogP contribution >= 0.6 is 23.4 Å². The number of para-hydroxylation sites is 1. The summed E-state index contributed by atoms with van der Waals surface area (Å²) in [5.41, 5.74) is 1.10. The predicted octanol–water partition coefficient (Wildman–Crippen LogP) is 3.86. The van der Waals surface area contributed by atoms with Gasteiger partial charge in [0, 0.05) is 25.7 Å². The molecule has 7 nitrogen and oxygen atoms in total. The molecule has 1 N–H and O–H groups in total. The van der Waals surface area contributed by atoms with Crippen molar-refractivity contribution in [1.29, 1.82) is 0 Å². The van der Waals surface area contributed by atoms with Crippen LogP contribution in [0.5, 0.6) is 0 Å². The maximum atomic E-state index is 12.4. The number of thioether (sulfide) groups is 1. The van der Waals surface area contributed by atoms with Crippen molar-refractivity contribution in [3.63, 3.8) is 0 Å². The van der Waals surface area contributed by atoms with Gasteiger partial charge in [-0.15, -0.1) is 10.2 Å². The van der Waals surface area contributed by atoms with E-state index in [0.29, 0.717) is 23.2 Å². The smallest absolute Gasteiger partial charge is 0.271 e. The summed E-state index contributed by atoms with van der Waals surface area (Å²) in [6, 6.07) is 9.06. The standard InChI is InChI=1S/C20H25ClN6OS/c1-14(2)13-26-18(23-24-20(26)29-3)9-6-11-22-19(28)16-10-12-27(25-16)17-8-5-4-7-15(17)21/h4-5,7-8,10,12,14H,6,9,11,13H2,1-3H3,(H,22,28). The quantitative estimate of drug-likeness (QED) is 0.410. The van der Waals surface area contributed by atoms with E-state index in [-0.39, 0.29) is 5.91 Å². The van der Waals surface area contributed by atoms with Gasteiger partial charge in [-0.2, -0.15) is 5.10 Å². The number of halogens is 1. The summed E-state index contributed by atoms with van der Waals surface area (Å²) in [5.74, 6) is 1.27. The minimum Gasteiger partial charge on any atom is -0.351 e. The van der Waals surface area contributed by atoms with Crippen molar-refractivity contribution in [3.05, 3.63) is 53.1 Å². The topological polar surface area (TPSA) is 77.6 Å². The largest absolute Gasteiger partial charge is 0.351 e. The summed E-state index contributed by atoms with van der Waals surface area (Å²) in [6.07, 6.45) is 5.28. The Labute approximate surface area is 179 Å². The van der Waals surface area contributed by atoms with Crippen molar-refractivity contribution in [1.82, 2.24) is 29.9 Å². The van der Waals surface area contributed by atoms with Gasteiger partial charge < -0.3 is 9.88 Å². The summed E-state index contributed by atoms with van der Waals surface area (Å²) in [6.45, 7) is 5.79.